The number of ether oxygens (including phenoxy) is 3. The number of methoxy groups -OCH3 is 2. The van der Waals surface area contributed by atoms with Gasteiger partial charge in [-0.2, -0.15) is 0 Å². The largest absolute Gasteiger partial charge is 0.497 e. The molecule has 1 aliphatic carbocycles. The average Bonchev–Trinajstić information content (AvgIpc) is 2.60. The topological polar surface area (TPSA) is 56.8 Å². The summed E-state index contributed by atoms with van der Waals surface area (Å²) >= 11 is 0. The lowest BCUT2D eigenvalue weighted by Crippen LogP contribution is -2.32. The summed E-state index contributed by atoms with van der Waals surface area (Å²) in [4.78, 5) is 12.1. The Morgan fingerprint density at radius 1 is 1.22 bits per heavy atom. The summed E-state index contributed by atoms with van der Waals surface area (Å²) in [6.07, 6.45) is 6.03. The van der Waals surface area contributed by atoms with Crippen LogP contribution in [0.5, 0.6) is 11.5 Å². The van der Waals surface area contributed by atoms with Crippen LogP contribution < -0.4 is 14.8 Å². The van der Waals surface area contributed by atoms with Gasteiger partial charge < -0.3 is 19.5 Å². The Morgan fingerprint density at radius 2 is 1.96 bits per heavy atom. The van der Waals surface area contributed by atoms with Crippen molar-refractivity contribution in [2.75, 3.05) is 20.8 Å². The summed E-state index contributed by atoms with van der Waals surface area (Å²) in [6.45, 7) is 2.04. The molecule has 0 radical (unpaired) electrons. The fraction of sp³-hybridized carbons (Fsp3) is 0.611. The molecule has 1 unspecified atom stereocenters. The Bertz CT molecular complexity index is 512. The van der Waals surface area contributed by atoms with E-state index in [-0.39, 0.29) is 24.7 Å². The van der Waals surface area contributed by atoms with Crippen molar-refractivity contribution in [3.05, 3.63) is 23.8 Å². The molecule has 2 rings (SSSR count). The summed E-state index contributed by atoms with van der Waals surface area (Å²) in [5, 5.41) is 2.96. The summed E-state index contributed by atoms with van der Waals surface area (Å²) < 4.78 is 16.3. The lowest BCUT2D eigenvalue weighted by Gasteiger charge is -2.23. The molecule has 0 aromatic heterocycles. The van der Waals surface area contributed by atoms with Crippen LogP contribution in [0, 0.1) is 0 Å². The number of carbonyl (C=O) groups excluding carboxylic acids is 1. The number of nitrogens with one attached hydrogen (secondary N) is 1. The Hall–Kier alpha value is -1.75. The monoisotopic (exact) mass is 321 g/mol. The molecule has 1 aromatic rings. The molecule has 1 saturated carbocycles. The summed E-state index contributed by atoms with van der Waals surface area (Å²) in [7, 11) is 3.24. The van der Waals surface area contributed by atoms with Crippen LogP contribution in [0.1, 0.15) is 50.6 Å². The maximum Gasteiger partial charge on any atom is 0.246 e. The second kappa shape index (κ2) is 8.77. The van der Waals surface area contributed by atoms with E-state index < -0.39 is 0 Å². The van der Waals surface area contributed by atoms with Crippen molar-refractivity contribution in [3.63, 3.8) is 0 Å². The standard InChI is InChI=1S/C18H27NO4/c1-13(16-11-15(21-2)9-10-17(16)22-3)19-18(20)12-23-14-7-5-4-6-8-14/h9-11,13-14H,4-8,12H2,1-3H3,(H,19,20). The molecule has 0 spiro atoms. The molecule has 1 N–H and O–H groups in total. The number of rotatable bonds is 7. The zero-order valence-corrected chi connectivity index (χ0v) is 14.3. The minimum Gasteiger partial charge on any atom is -0.497 e. The van der Waals surface area contributed by atoms with Crippen molar-refractivity contribution < 1.29 is 19.0 Å². The number of amides is 1. The quantitative estimate of drug-likeness (QED) is 0.838. The smallest absolute Gasteiger partial charge is 0.246 e. The highest BCUT2D eigenvalue weighted by molar-refractivity contribution is 5.77. The van der Waals surface area contributed by atoms with Crippen LogP contribution in [-0.2, 0) is 9.53 Å². The van der Waals surface area contributed by atoms with Crippen molar-refractivity contribution in [1.82, 2.24) is 5.32 Å². The first-order valence-corrected chi connectivity index (χ1v) is 8.27. The predicted octanol–water partition coefficient (Wildman–Crippen LogP) is 3.23. The molecule has 0 heterocycles. The maximum absolute atomic E-state index is 12.1. The predicted molar refractivity (Wildman–Crippen MR) is 88.9 cm³/mol. The minimum absolute atomic E-state index is 0.104. The molecule has 5 nitrogen and oxygen atoms in total. The van der Waals surface area contributed by atoms with E-state index in [1.807, 2.05) is 25.1 Å². The van der Waals surface area contributed by atoms with Gasteiger partial charge in [0.05, 0.1) is 26.4 Å². The van der Waals surface area contributed by atoms with Crippen molar-refractivity contribution >= 4 is 5.91 Å². The number of hydrogen-bond acceptors (Lipinski definition) is 4. The molecule has 128 valence electrons. The van der Waals surface area contributed by atoms with Gasteiger partial charge in [-0.1, -0.05) is 19.3 Å². The number of benzene rings is 1. The Labute approximate surface area is 138 Å². The van der Waals surface area contributed by atoms with E-state index >= 15 is 0 Å². The molecule has 5 heteroatoms. The Morgan fingerprint density at radius 3 is 2.61 bits per heavy atom. The van der Waals surface area contributed by atoms with E-state index in [9.17, 15) is 4.79 Å². The molecule has 0 saturated heterocycles. The minimum atomic E-state index is -0.178. The van der Waals surface area contributed by atoms with Gasteiger partial charge in [-0.25, -0.2) is 0 Å². The molecule has 23 heavy (non-hydrogen) atoms. The molecule has 1 amide bonds. The fourth-order valence-corrected chi connectivity index (χ4v) is 2.96. The molecule has 1 atom stereocenters. The van der Waals surface area contributed by atoms with Gasteiger partial charge in [-0.3, -0.25) is 4.79 Å². The molecule has 1 aromatic carbocycles. The van der Waals surface area contributed by atoms with Crippen LogP contribution in [0.2, 0.25) is 0 Å². The fourth-order valence-electron chi connectivity index (χ4n) is 2.96. The Balaban J connectivity index is 1.89. The van der Waals surface area contributed by atoms with E-state index in [1.165, 1.54) is 19.3 Å². The van der Waals surface area contributed by atoms with Crippen molar-refractivity contribution in [1.29, 1.82) is 0 Å². The van der Waals surface area contributed by atoms with Gasteiger partial charge in [-0.15, -0.1) is 0 Å². The van der Waals surface area contributed by atoms with Gasteiger partial charge in [0, 0.05) is 5.56 Å². The molecular formula is C18H27NO4. The van der Waals surface area contributed by atoms with Crippen molar-refractivity contribution in [3.8, 4) is 11.5 Å². The zero-order chi connectivity index (χ0) is 16.7. The van der Waals surface area contributed by atoms with Crippen molar-refractivity contribution in [2.24, 2.45) is 0 Å². The van der Waals surface area contributed by atoms with Gasteiger partial charge >= 0.3 is 0 Å². The first kappa shape index (κ1) is 17.6. The number of carbonyl (C=O) groups is 1. The lowest BCUT2D eigenvalue weighted by molar-refractivity contribution is -0.129. The first-order valence-electron chi connectivity index (χ1n) is 8.27. The molecular weight excluding hydrogens is 294 g/mol. The third-order valence-corrected chi connectivity index (χ3v) is 4.28. The second-order valence-corrected chi connectivity index (χ2v) is 5.97. The third kappa shape index (κ3) is 5.13. The second-order valence-electron chi connectivity index (χ2n) is 5.97. The normalized spacial score (nSPS) is 16.7. The maximum atomic E-state index is 12.1. The highest BCUT2D eigenvalue weighted by atomic mass is 16.5. The third-order valence-electron chi connectivity index (χ3n) is 4.28. The highest BCUT2D eigenvalue weighted by Gasteiger charge is 2.18. The van der Waals surface area contributed by atoms with Crippen LogP contribution in [0.15, 0.2) is 18.2 Å². The zero-order valence-electron chi connectivity index (χ0n) is 14.3. The lowest BCUT2D eigenvalue weighted by atomic mass is 9.98. The van der Waals surface area contributed by atoms with Gasteiger partial charge in [0.1, 0.15) is 18.1 Å². The SMILES string of the molecule is COc1ccc(OC)c(C(C)NC(=O)COC2CCCCC2)c1. The van der Waals surface area contributed by atoms with E-state index in [4.69, 9.17) is 14.2 Å². The van der Waals surface area contributed by atoms with E-state index in [0.29, 0.717) is 0 Å². The number of hydrogen-bond donors (Lipinski definition) is 1. The van der Waals surface area contributed by atoms with Crippen LogP contribution in [0.25, 0.3) is 0 Å². The van der Waals surface area contributed by atoms with Crippen LogP contribution in [-0.4, -0.2) is 32.8 Å². The van der Waals surface area contributed by atoms with Crippen molar-refractivity contribution in [2.45, 2.75) is 51.2 Å². The van der Waals surface area contributed by atoms with Gasteiger partial charge in [0.25, 0.3) is 0 Å². The molecule has 0 aliphatic heterocycles. The average molecular weight is 321 g/mol. The molecule has 1 fully saturated rings. The molecule has 0 bridgehead atoms. The first-order chi connectivity index (χ1) is 11.1. The highest BCUT2D eigenvalue weighted by Crippen LogP contribution is 2.29. The van der Waals surface area contributed by atoms with Crippen LogP contribution >= 0.6 is 0 Å². The van der Waals surface area contributed by atoms with Gasteiger partial charge in [-0.05, 0) is 38.0 Å². The van der Waals surface area contributed by atoms with Gasteiger partial charge in [0.2, 0.25) is 5.91 Å². The van der Waals surface area contributed by atoms with Crippen LogP contribution in [0.4, 0.5) is 0 Å². The summed E-state index contributed by atoms with van der Waals surface area (Å²) in [6, 6.07) is 5.38. The van der Waals surface area contributed by atoms with E-state index in [2.05, 4.69) is 5.32 Å². The van der Waals surface area contributed by atoms with E-state index in [1.54, 1.807) is 14.2 Å². The Kier molecular flexibility index (Phi) is 6.71. The molecule has 1 aliphatic rings. The van der Waals surface area contributed by atoms with E-state index in [0.717, 1.165) is 29.9 Å². The van der Waals surface area contributed by atoms with Crippen LogP contribution in [0.3, 0.4) is 0 Å². The van der Waals surface area contributed by atoms with Gasteiger partial charge in [0.15, 0.2) is 0 Å². The summed E-state index contributed by atoms with van der Waals surface area (Å²) in [5.41, 5.74) is 0.887. The summed E-state index contributed by atoms with van der Waals surface area (Å²) in [5.74, 6) is 1.36.